The third-order valence-electron chi connectivity index (χ3n) is 2.75. The molecule has 1 rings (SSSR count). The van der Waals surface area contributed by atoms with Crippen molar-refractivity contribution in [2.45, 2.75) is 45.8 Å². The summed E-state index contributed by atoms with van der Waals surface area (Å²) < 4.78 is 2.06. The molecule has 96 valence electrons. The van der Waals surface area contributed by atoms with Crippen LogP contribution in [0.1, 0.15) is 38.8 Å². The highest BCUT2D eigenvalue weighted by atomic mass is 16.1. The predicted octanol–water partition coefficient (Wildman–Crippen LogP) is 1.68. The molecule has 17 heavy (non-hydrogen) atoms. The number of hydrogen-bond acceptors (Lipinski definition) is 2. The second-order valence-electron chi connectivity index (χ2n) is 4.67. The molecule has 1 atom stereocenters. The zero-order valence-corrected chi connectivity index (χ0v) is 11.2. The molecule has 0 aromatic carbocycles. The van der Waals surface area contributed by atoms with Crippen LogP contribution >= 0.6 is 0 Å². The molecular formula is C13H23N3O. The van der Waals surface area contributed by atoms with E-state index < -0.39 is 0 Å². The van der Waals surface area contributed by atoms with Gasteiger partial charge in [0.25, 0.3) is 0 Å². The number of carbonyl (C=O) groups is 1. The van der Waals surface area contributed by atoms with Crippen LogP contribution in [0, 0.1) is 0 Å². The zero-order valence-electron chi connectivity index (χ0n) is 11.2. The predicted molar refractivity (Wildman–Crippen MR) is 69.8 cm³/mol. The molecule has 4 heteroatoms. The summed E-state index contributed by atoms with van der Waals surface area (Å²) >= 11 is 0. The van der Waals surface area contributed by atoms with Crippen LogP contribution in [0.3, 0.4) is 0 Å². The number of hydrogen-bond donors (Lipinski definition) is 2. The van der Waals surface area contributed by atoms with E-state index in [1.54, 1.807) is 0 Å². The van der Waals surface area contributed by atoms with Crippen molar-refractivity contribution in [2.24, 2.45) is 0 Å². The van der Waals surface area contributed by atoms with Crippen LogP contribution < -0.4 is 10.6 Å². The Labute approximate surface area is 103 Å². The summed E-state index contributed by atoms with van der Waals surface area (Å²) in [6.45, 7) is 6.79. The Bertz CT molecular complexity index is 357. The number of amides is 1. The van der Waals surface area contributed by atoms with Crippen molar-refractivity contribution < 1.29 is 4.79 Å². The highest BCUT2D eigenvalue weighted by Gasteiger charge is 2.06. The number of aromatic nitrogens is 1. The minimum atomic E-state index is 0.108. The summed E-state index contributed by atoms with van der Waals surface area (Å²) in [5.74, 6) is 0.108. The Hall–Kier alpha value is -1.29. The standard InChI is InChI=1S/C13H23N3O/c1-10(2)15-13(17)6-8-16-7-5-12(9-16)11(3)14-4/h5,7,9-11,14H,6,8H2,1-4H3,(H,15,17). The van der Waals surface area contributed by atoms with Gasteiger partial charge in [0.05, 0.1) is 0 Å². The van der Waals surface area contributed by atoms with Crippen LogP contribution in [0.15, 0.2) is 18.5 Å². The Kier molecular flexibility index (Phi) is 5.22. The van der Waals surface area contributed by atoms with Crippen LogP contribution in [0.25, 0.3) is 0 Å². The molecule has 0 spiro atoms. The van der Waals surface area contributed by atoms with Gasteiger partial charge in [0, 0.05) is 37.4 Å². The van der Waals surface area contributed by atoms with E-state index >= 15 is 0 Å². The van der Waals surface area contributed by atoms with Crippen LogP contribution in [0.4, 0.5) is 0 Å². The van der Waals surface area contributed by atoms with E-state index in [9.17, 15) is 4.79 Å². The highest BCUT2D eigenvalue weighted by Crippen LogP contribution is 2.12. The van der Waals surface area contributed by atoms with E-state index in [2.05, 4.69) is 34.4 Å². The topological polar surface area (TPSA) is 46.1 Å². The maximum absolute atomic E-state index is 11.5. The molecule has 1 aromatic heterocycles. The summed E-state index contributed by atoms with van der Waals surface area (Å²) in [7, 11) is 1.94. The third kappa shape index (κ3) is 4.61. The van der Waals surface area contributed by atoms with Crippen molar-refractivity contribution in [3.05, 3.63) is 24.0 Å². The van der Waals surface area contributed by atoms with Crippen molar-refractivity contribution in [1.82, 2.24) is 15.2 Å². The van der Waals surface area contributed by atoms with Crippen molar-refractivity contribution in [3.63, 3.8) is 0 Å². The highest BCUT2D eigenvalue weighted by molar-refractivity contribution is 5.76. The molecule has 0 saturated heterocycles. The summed E-state index contributed by atoms with van der Waals surface area (Å²) in [5.41, 5.74) is 1.25. The second-order valence-corrected chi connectivity index (χ2v) is 4.67. The number of carbonyl (C=O) groups excluding carboxylic acids is 1. The summed E-state index contributed by atoms with van der Waals surface area (Å²) in [5, 5.41) is 6.08. The SMILES string of the molecule is CNC(C)c1ccn(CCC(=O)NC(C)C)c1. The van der Waals surface area contributed by atoms with Gasteiger partial charge in [-0.25, -0.2) is 0 Å². The quantitative estimate of drug-likeness (QED) is 0.791. The first kappa shape index (κ1) is 13.8. The van der Waals surface area contributed by atoms with E-state index in [1.165, 1.54) is 5.56 Å². The Balaban J connectivity index is 2.42. The monoisotopic (exact) mass is 237 g/mol. The number of nitrogens with one attached hydrogen (secondary N) is 2. The van der Waals surface area contributed by atoms with Gasteiger partial charge in [-0.1, -0.05) is 0 Å². The smallest absolute Gasteiger partial charge is 0.221 e. The molecule has 4 nitrogen and oxygen atoms in total. The van der Waals surface area contributed by atoms with Crippen LogP contribution in [0.2, 0.25) is 0 Å². The minimum Gasteiger partial charge on any atom is -0.354 e. The molecule has 2 N–H and O–H groups in total. The van der Waals surface area contributed by atoms with Crippen molar-refractivity contribution >= 4 is 5.91 Å². The minimum absolute atomic E-state index is 0.108. The van der Waals surface area contributed by atoms with Crippen molar-refractivity contribution in [1.29, 1.82) is 0 Å². The van der Waals surface area contributed by atoms with Gasteiger partial charge in [0.2, 0.25) is 5.91 Å². The molecule has 0 radical (unpaired) electrons. The van der Waals surface area contributed by atoms with Gasteiger partial charge in [-0.3, -0.25) is 4.79 Å². The van der Waals surface area contributed by atoms with E-state index in [4.69, 9.17) is 0 Å². The van der Waals surface area contributed by atoms with E-state index in [1.807, 2.05) is 27.1 Å². The lowest BCUT2D eigenvalue weighted by Gasteiger charge is -2.09. The second kappa shape index (κ2) is 6.45. The Morgan fingerprint density at radius 3 is 2.71 bits per heavy atom. The molecule has 1 heterocycles. The lowest BCUT2D eigenvalue weighted by molar-refractivity contribution is -0.121. The van der Waals surface area contributed by atoms with Gasteiger partial charge < -0.3 is 15.2 Å². The fraction of sp³-hybridized carbons (Fsp3) is 0.615. The first-order valence-corrected chi connectivity index (χ1v) is 6.15. The average Bonchev–Trinajstić information content (AvgIpc) is 2.73. The first-order chi connectivity index (χ1) is 8.02. The largest absolute Gasteiger partial charge is 0.354 e. The van der Waals surface area contributed by atoms with Gasteiger partial charge in [0.15, 0.2) is 0 Å². The molecule has 0 bridgehead atoms. The molecule has 1 unspecified atom stereocenters. The van der Waals surface area contributed by atoms with Crippen LogP contribution in [-0.4, -0.2) is 23.6 Å². The molecule has 0 aliphatic carbocycles. The fourth-order valence-electron chi connectivity index (χ4n) is 1.65. The zero-order chi connectivity index (χ0) is 12.8. The van der Waals surface area contributed by atoms with Crippen LogP contribution in [0.5, 0.6) is 0 Å². The normalized spacial score (nSPS) is 12.8. The number of rotatable bonds is 6. The van der Waals surface area contributed by atoms with E-state index in [0.29, 0.717) is 12.5 Å². The maximum Gasteiger partial charge on any atom is 0.221 e. The summed E-state index contributed by atoms with van der Waals surface area (Å²) in [6, 6.07) is 2.65. The van der Waals surface area contributed by atoms with Gasteiger partial charge in [-0.15, -0.1) is 0 Å². The number of nitrogens with zero attached hydrogens (tertiary/aromatic N) is 1. The van der Waals surface area contributed by atoms with Gasteiger partial charge in [0.1, 0.15) is 0 Å². The summed E-state index contributed by atoms with van der Waals surface area (Å²) in [4.78, 5) is 11.5. The molecule has 0 saturated carbocycles. The fourth-order valence-corrected chi connectivity index (χ4v) is 1.65. The Morgan fingerprint density at radius 2 is 2.12 bits per heavy atom. The lowest BCUT2D eigenvalue weighted by atomic mass is 10.2. The molecule has 0 aliphatic heterocycles. The van der Waals surface area contributed by atoms with Crippen LogP contribution in [-0.2, 0) is 11.3 Å². The van der Waals surface area contributed by atoms with Gasteiger partial charge in [-0.2, -0.15) is 0 Å². The molecule has 0 aliphatic rings. The molecule has 0 fully saturated rings. The molecular weight excluding hydrogens is 214 g/mol. The lowest BCUT2D eigenvalue weighted by Crippen LogP contribution is -2.30. The summed E-state index contributed by atoms with van der Waals surface area (Å²) in [6.07, 6.45) is 4.63. The number of aryl methyl sites for hydroxylation is 1. The van der Waals surface area contributed by atoms with Crippen molar-refractivity contribution in [3.8, 4) is 0 Å². The first-order valence-electron chi connectivity index (χ1n) is 6.15. The Morgan fingerprint density at radius 1 is 1.41 bits per heavy atom. The van der Waals surface area contributed by atoms with E-state index in [0.717, 1.165) is 6.54 Å². The van der Waals surface area contributed by atoms with E-state index in [-0.39, 0.29) is 11.9 Å². The van der Waals surface area contributed by atoms with Gasteiger partial charge >= 0.3 is 0 Å². The third-order valence-corrected chi connectivity index (χ3v) is 2.75. The molecule has 1 amide bonds. The average molecular weight is 237 g/mol. The van der Waals surface area contributed by atoms with Gasteiger partial charge in [-0.05, 0) is 39.4 Å². The van der Waals surface area contributed by atoms with Crippen molar-refractivity contribution in [2.75, 3.05) is 7.05 Å². The molecule has 1 aromatic rings. The maximum atomic E-state index is 11.5.